The van der Waals surface area contributed by atoms with Crippen molar-refractivity contribution in [3.8, 4) is 11.1 Å². The molecule has 2 fully saturated rings. The highest BCUT2D eigenvalue weighted by molar-refractivity contribution is 5.90. The molecular weight excluding hydrogens is 416 g/mol. The zero-order valence-corrected chi connectivity index (χ0v) is 19.7. The monoisotopic (exact) mass is 446 g/mol. The van der Waals surface area contributed by atoms with Crippen molar-refractivity contribution in [1.82, 2.24) is 19.8 Å². The number of H-pyrrole nitrogens is 1. The van der Waals surface area contributed by atoms with E-state index in [1.807, 2.05) is 12.4 Å². The molecule has 1 N–H and O–H groups in total. The highest BCUT2D eigenvalue weighted by atomic mass is 15.3. The van der Waals surface area contributed by atoms with Crippen LogP contribution < -0.4 is 0 Å². The second kappa shape index (κ2) is 7.93. The van der Waals surface area contributed by atoms with Crippen LogP contribution in [0.1, 0.15) is 35.2 Å². The molecule has 170 valence electrons. The highest BCUT2D eigenvalue weighted by Crippen LogP contribution is 2.36. The molecule has 2 aromatic heterocycles. The number of likely N-dealkylation sites (N-methyl/N-ethyl adjacent to an activating group) is 1. The summed E-state index contributed by atoms with van der Waals surface area (Å²) in [5.41, 5.74) is 10.0. The Morgan fingerprint density at radius 2 is 1.71 bits per heavy atom. The quantitative estimate of drug-likeness (QED) is 0.450. The lowest BCUT2D eigenvalue weighted by Gasteiger charge is -2.39. The topological polar surface area (TPSA) is 35.2 Å². The third-order valence-corrected chi connectivity index (χ3v) is 8.09. The van der Waals surface area contributed by atoms with Gasteiger partial charge in [0.1, 0.15) is 0 Å². The lowest BCUT2D eigenvalue weighted by molar-refractivity contribution is 0.0760. The summed E-state index contributed by atoms with van der Waals surface area (Å²) in [7, 11) is 2.27. The molecule has 1 aliphatic carbocycles. The first kappa shape index (κ1) is 20.2. The molecule has 7 rings (SSSR count). The first-order valence-electron chi connectivity index (χ1n) is 12.5. The van der Waals surface area contributed by atoms with E-state index in [9.17, 15) is 0 Å². The van der Waals surface area contributed by atoms with Gasteiger partial charge in [-0.3, -0.25) is 9.88 Å². The third kappa shape index (κ3) is 3.41. The molecule has 2 atom stereocenters. The summed E-state index contributed by atoms with van der Waals surface area (Å²) in [6, 6.07) is 21.8. The lowest BCUT2D eigenvalue weighted by Crippen LogP contribution is -2.51. The van der Waals surface area contributed by atoms with Crippen molar-refractivity contribution in [2.24, 2.45) is 0 Å². The number of rotatable bonds is 4. The fraction of sp³-hybridized carbons (Fsp3) is 0.300. The third-order valence-electron chi connectivity index (χ3n) is 8.09. The molecular formula is C30H30N4. The van der Waals surface area contributed by atoms with Crippen molar-refractivity contribution < 1.29 is 0 Å². The molecule has 0 radical (unpaired) electrons. The first-order chi connectivity index (χ1) is 16.7. The minimum Gasteiger partial charge on any atom is -0.361 e. The Kier molecular flexibility index (Phi) is 4.71. The number of likely N-dealkylation sites (tertiary alicyclic amines) is 1. The van der Waals surface area contributed by atoms with Crippen LogP contribution in [-0.2, 0) is 13.0 Å². The molecule has 4 heterocycles. The predicted molar refractivity (Wildman–Crippen MR) is 139 cm³/mol. The zero-order valence-electron chi connectivity index (χ0n) is 19.7. The predicted octanol–water partition coefficient (Wildman–Crippen LogP) is 5.50. The van der Waals surface area contributed by atoms with Crippen LogP contribution in [0.2, 0.25) is 0 Å². The summed E-state index contributed by atoms with van der Waals surface area (Å²) >= 11 is 0. The number of fused-ring (bicyclic) bond motifs is 4. The number of aromatic nitrogens is 2. The minimum atomic E-state index is 0.722. The maximum atomic E-state index is 4.84. The number of hydrogen-bond donors (Lipinski definition) is 1. The van der Waals surface area contributed by atoms with Crippen LogP contribution in [0.3, 0.4) is 0 Å². The van der Waals surface area contributed by atoms with Crippen molar-refractivity contribution >= 4 is 16.5 Å². The van der Waals surface area contributed by atoms with E-state index in [0.717, 1.165) is 25.0 Å². The highest BCUT2D eigenvalue weighted by Gasteiger charge is 2.38. The number of nitrogens with one attached hydrogen (secondary N) is 1. The number of allylic oxidation sites excluding steroid dienone is 1. The van der Waals surface area contributed by atoms with Gasteiger partial charge in [0.2, 0.25) is 0 Å². The van der Waals surface area contributed by atoms with Crippen molar-refractivity contribution in [2.75, 3.05) is 20.1 Å². The maximum Gasteiger partial charge on any atom is 0.0520 e. The normalized spacial score (nSPS) is 22.3. The summed E-state index contributed by atoms with van der Waals surface area (Å²) in [4.78, 5) is 13.4. The van der Waals surface area contributed by atoms with E-state index in [4.69, 9.17) is 4.98 Å². The van der Waals surface area contributed by atoms with Gasteiger partial charge in [-0.2, -0.15) is 0 Å². The number of pyridine rings is 1. The van der Waals surface area contributed by atoms with Crippen LogP contribution in [0.4, 0.5) is 0 Å². The molecule has 2 bridgehead atoms. The number of piperazine rings is 1. The van der Waals surface area contributed by atoms with E-state index in [2.05, 4.69) is 82.5 Å². The molecule has 34 heavy (non-hydrogen) atoms. The van der Waals surface area contributed by atoms with Crippen LogP contribution in [-0.4, -0.2) is 52.0 Å². The van der Waals surface area contributed by atoms with E-state index < -0.39 is 0 Å². The SMILES string of the molecule is CN1CC2CCC(C1)N2Cc1ccc(-c2cnc3c(c2)C(c2ccc4[nH]ccc4c2)=CC3)cc1. The minimum absolute atomic E-state index is 0.722. The Hall–Kier alpha value is -3.21. The number of hydrogen-bond acceptors (Lipinski definition) is 3. The standard InChI is InChI=1S/C30H30N4/c1-33-18-25-7-8-26(19-33)34(25)17-20-2-4-21(5-3-20)24-15-28-27(9-11-30(28)32-16-24)22-6-10-29-23(14-22)12-13-31-29/h2-6,9-10,12-16,25-26,31H,7-8,11,17-19H2,1H3. The summed E-state index contributed by atoms with van der Waals surface area (Å²) in [5.74, 6) is 0. The molecule has 2 saturated heterocycles. The molecule has 2 aliphatic heterocycles. The largest absolute Gasteiger partial charge is 0.361 e. The molecule has 2 aromatic carbocycles. The molecule has 4 aromatic rings. The molecule has 0 spiro atoms. The number of benzene rings is 2. The van der Waals surface area contributed by atoms with E-state index in [1.54, 1.807) is 0 Å². The first-order valence-corrected chi connectivity index (χ1v) is 12.5. The van der Waals surface area contributed by atoms with Gasteiger partial charge < -0.3 is 9.88 Å². The average Bonchev–Trinajstić information content (AvgIpc) is 3.55. The molecule has 0 amide bonds. The fourth-order valence-electron chi connectivity index (χ4n) is 6.32. The van der Waals surface area contributed by atoms with E-state index in [1.165, 1.54) is 75.9 Å². The van der Waals surface area contributed by atoms with Crippen LogP contribution in [0.15, 0.2) is 73.1 Å². The molecule has 2 unspecified atom stereocenters. The number of nitrogens with zero attached hydrogens (tertiary/aromatic N) is 3. The van der Waals surface area contributed by atoms with Gasteiger partial charge in [0.05, 0.1) is 5.69 Å². The van der Waals surface area contributed by atoms with Crippen molar-refractivity contribution in [1.29, 1.82) is 0 Å². The van der Waals surface area contributed by atoms with Crippen LogP contribution >= 0.6 is 0 Å². The van der Waals surface area contributed by atoms with E-state index in [0.29, 0.717) is 0 Å². The Morgan fingerprint density at radius 3 is 2.53 bits per heavy atom. The van der Waals surface area contributed by atoms with Crippen molar-refractivity contribution in [3.05, 3.63) is 95.5 Å². The van der Waals surface area contributed by atoms with Gasteiger partial charge >= 0.3 is 0 Å². The molecule has 3 aliphatic rings. The smallest absolute Gasteiger partial charge is 0.0520 e. The molecule has 4 heteroatoms. The Balaban J connectivity index is 1.14. The van der Waals surface area contributed by atoms with Crippen molar-refractivity contribution in [3.63, 3.8) is 0 Å². The van der Waals surface area contributed by atoms with Gasteiger partial charge in [-0.25, -0.2) is 0 Å². The second-order valence-electron chi connectivity index (χ2n) is 10.3. The van der Waals surface area contributed by atoms with E-state index in [-0.39, 0.29) is 0 Å². The van der Waals surface area contributed by atoms with Crippen molar-refractivity contribution in [2.45, 2.75) is 37.9 Å². The van der Waals surface area contributed by atoms with Gasteiger partial charge in [-0.05, 0) is 71.8 Å². The summed E-state index contributed by atoms with van der Waals surface area (Å²) in [6.45, 7) is 3.49. The van der Waals surface area contributed by atoms with Gasteiger partial charge in [-0.1, -0.05) is 36.4 Å². The van der Waals surface area contributed by atoms with Gasteiger partial charge in [-0.15, -0.1) is 0 Å². The van der Waals surface area contributed by atoms with Gasteiger partial charge in [0, 0.05) is 67.2 Å². The zero-order chi connectivity index (χ0) is 22.6. The maximum absolute atomic E-state index is 4.84. The average molecular weight is 447 g/mol. The summed E-state index contributed by atoms with van der Waals surface area (Å²) in [5, 5.41) is 1.25. The summed E-state index contributed by atoms with van der Waals surface area (Å²) < 4.78 is 0. The van der Waals surface area contributed by atoms with Gasteiger partial charge in [0.25, 0.3) is 0 Å². The Bertz CT molecular complexity index is 1380. The molecule has 0 saturated carbocycles. The van der Waals surface area contributed by atoms with Crippen LogP contribution in [0, 0.1) is 0 Å². The van der Waals surface area contributed by atoms with Gasteiger partial charge in [0.15, 0.2) is 0 Å². The fourth-order valence-corrected chi connectivity index (χ4v) is 6.32. The molecule has 4 nitrogen and oxygen atoms in total. The second-order valence-corrected chi connectivity index (χ2v) is 10.3. The van der Waals surface area contributed by atoms with Crippen LogP contribution in [0.5, 0.6) is 0 Å². The number of aromatic amines is 1. The summed E-state index contributed by atoms with van der Waals surface area (Å²) in [6.07, 6.45) is 9.97. The lowest BCUT2D eigenvalue weighted by atomic mass is 9.97. The Morgan fingerprint density at radius 1 is 0.912 bits per heavy atom. The Labute approximate surface area is 200 Å². The van der Waals surface area contributed by atoms with E-state index >= 15 is 0 Å². The van der Waals surface area contributed by atoms with Crippen LogP contribution in [0.25, 0.3) is 27.6 Å².